The zero-order valence-corrected chi connectivity index (χ0v) is 18.6. The fourth-order valence-corrected chi connectivity index (χ4v) is 4.11. The van der Waals surface area contributed by atoms with Crippen LogP contribution < -0.4 is 9.64 Å². The van der Waals surface area contributed by atoms with E-state index in [0.29, 0.717) is 13.0 Å². The molecule has 0 bridgehead atoms. The Hall–Kier alpha value is -3.25. The van der Waals surface area contributed by atoms with Crippen molar-refractivity contribution in [3.8, 4) is 5.75 Å². The van der Waals surface area contributed by atoms with E-state index in [0.717, 1.165) is 55.9 Å². The van der Waals surface area contributed by atoms with Crippen LogP contribution in [0, 0.1) is 0 Å². The molecule has 0 radical (unpaired) electrons. The summed E-state index contributed by atoms with van der Waals surface area (Å²) in [6, 6.07) is 14.2. The van der Waals surface area contributed by atoms with E-state index in [1.54, 1.807) is 4.90 Å². The zero-order chi connectivity index (χ0) is 22.2. The molecule has 6 heteroatoms. The number of rotatable bonds is 10. The third kappa shape index (κ3) is 5.71. The quantitative estimate of drug-likeness (QED) is 0.457. The van der Waals surface area contributed by atoms with Crippen molar-refractivity contribution in [2.75, 3.05) is 31.6 Å². The molecule has 0 fully saturated rings. The van der Waals surface area contributed by atoms with Crippen molar-refractivity contribution in [1.29, 1.82) is 0 Å². The Morgan fingerprint density at radius 2 is 1.84 bits per heavy atom. The number of anilines is 1. The minimum Gasteiger partial charge on any atom is -0.493 e. The van der Waals surface area contributed by atoms with Crippen molar-refractivity contribution in [1.82, 2.24) is 14.9 Å². The second-order valence-corrected chi connectivity index (χ2v) is 8.15. The lowest BCUT2D eigenvalue weighted by Gasteiger charge is -2.27. The van der Waals surface area contributed by atoms with Gasteiger partial charge < -0.3 is 9.64 Å². The predicted molar refractivity (Wildman–Crippen MR) is 126 cm³/mol. The molecule has 1 aliphatic rings. The second-order valence-electron chi connectivity index (χ2n) is 8.15. The summed E-state index contributed by atoms with van der Waals surface area (Å²) in [4.78, 5) is 24.5. The van der Waals surface area contributed by atoms with Crippen molar-refractivity contribution in [2.24, 2.45) is 0 Å². The van der Waals surface area contributed by atoms with E-state index < -0.39 is 0 Å². The molecular weight excluding hydrogens is 400 g/mol. The average Bonchev–Trinajstić information content (AvgIpc) is 2.84. The van der Waals surface area contributed by atoms with Gasteiger partial charge in [-0.25, -0.2) is 0 Å². The largest absolute Gasteiger partial charge is 0.493 e. The Morgan fingerprint density at radius 3 is 2.66 bits per heavy atom. The van der Waals surface area contributed by atoms with Crippen LogP contribution in [0.2, 0.25) is 0 Å². The number of benzene rings is 1. The molecule has 0 saturated heterocycles. The smallest absolute Gasteiger partial charge is 0.227 e. The predicted octanol–water partition coefficient (Wildman–Crippen LogP) is 3.90. The summed E-state index contributed by atoms with van der Waals surface area (Å²) in [5, 5.41) is 0. The van der Waals surface area contributed by atoms with Crippen LogP contribution in [0.1, 0.15) is 29.5 Å². The number of hydrogen-bond donors (Lipinski definition) is 0. The Morgan fingerprint density at radius 1 is 0.969 bits per heavy atom. The lowest BCUT2D eigenvalue weighted by Crippen LogP contribution is -2.31. The number of pyridine rings is 2. The van der Waals surface area contributed by atoms with Crippen LogP contribution in [0.4, 0.5) is 5.69 Å². The SMILES string of the molecule is CN1C(=O)CCc2c(OCCCN(CCc3cccnc3)Cc3ccncc3)cccc21. The van der Waals surface area contributed by atoms with Gasteiger partial charge in [-0.3, -0.25) is 19.7 Å². The highest BCUT2D eigenvalue weighted by Gasteiger charge is 2.23. The first-order chi connectivity index (χ1) is 15.7. The van der Waals surface area contributed by atoms with Gasteiger partial charge in [0.2, 0.25) is 5.91 Å². The summed E-state index contributed by atoms with van der Waals surface area (Å²) in [6.07, 6.45) is 10.6. The Labute approximate surface area is 189 Å². The number of ether oxygens (including phenoxy) is 1. The molecule has 1 aromatic carbocycles. The molecule has 1 amide bonds. The van der Waals surface area contributed by atoms with Crippen molar-refractivity contribution in [3.63, 3.8) is 0 Å². The third-order valence-corrected chi connectivity index (χ3v) is 5.90. The van der Waals surface area contributed by atoms with Crippen LogP contribution in [0.3, 0.4) is 0 Å². The van der Waals surface area contributed by atoms with Gasteiger partial charge in [0.15, 0.2) is 0 Å². The van der Waals surface area contributed by atoms with Crippen molar-refractivity contribution in [3.05, 3.63) is 83.9 Å². The van der Waals surface area contributed by atoms with Gasteiger partial charge in [-0.2, -0.15) is 0 Å². The van der Waals surface area contributed by atoms with Crippen LogP contribution in [-0.4, -0.2) is 47.5 Å². The summed E-state index contributed by atoms with van der Waals surface area (Å²) < 4.78 is 6.17. The fourth-order valence-electron chi connectivity index (χ4n) is 4.11. The van der Waals surface area contributed by atoms with Gasteiger partial charge in [-0.15, -0.1) is 0 Å². The van der Waals surface area contributed by atoms with E-state index in [9.17, 15) is 4.79 Å². The zero-order valence-electron chi connectivity index (χ0n) is 18.6. The summed E-state index contributed by atoms with van der Waals surface area (Å²) in [7, 11) is 1.84. The van der Waals surface area contributed by atoms with E-state index in [2.05, 4.69) is 33.1 Å². The molecule has 4 rings (SSSR count). The van der Waals surface area contributed by atoms with Crippen LogP contribution in [0.5, 0.6) is 5.75 Å². The molecule has 0 atom stereocenters. The molecule has 1 aliphatic heterocycles. The number of carbonyl (C=O) groups excluding carboxylic acids is 1. The van der Waals surface area contributed by atoms with Gasteiger partial charge in [0.25, 0.3) is 0 Å². The molecule has 166 valence electrons. The molecule has 6 nitrogen and oxygen atoms in total. The van der Waals surface area contributed by atoms with Gasteiger partial charge in [0, 0.05) is 63.5 Å². The van der Waals surface area contributed by atoms with E-state index in [1.807, 2.05) is 56.1 Å². The number of aromatic nitrogens is 2. The van der Waals surface area contributed by atoms with E-state index >= 15 is 0 Å². The molecule has 0 saturated carbocycles. The van der Waals surface area contributed by atoms with Crippen LogP contribution >= 0.6 is 0 Å². The van der Waals surface area contributed by atoms with Gasteiger partial charge in [0.1, 0.15) is 5.75 Å². The highest BCUT2D eigenvalue weighted by molar-refractivity contribution is 5.96. The highest BCUT2D eigenvalue weighted by atomic mass is 16.5. The molecule has 3 aromatic rings. The Kier molecular flexibility index (Phi) is 7.46. The number of fused-ring (bicyclic) bond motifs is 1. The Bertz CT molecular complexity index is 1010. The standard InChI is InChI=1S/C26H30N4O2/c1-29-24-6-2-7-25(23(24)8-9-26(29)31)32-18-4-16-30(20-22-10-14-27-15-11-22)17-12-21-5-3-13-28-19-21/h2-3,5-7,10-11,13-15,19H,4,8-9,12,16-18,20H2,1H3. The Balaban J connectivity index is 1.33. The first kappa shape index (κ1) is 22.0. The van der Waals surface area contributed by atoms with E-state index in [1.165, 1.54) is 11.1 Å². The molecule has 3 heterocycles. The lowest BCUT2D eigenvalue weighted by molar-refractivity contribution is -0.118. The first-order valence-electron chi connectivity index (χ1n) is 11.2. The molecule has 0 aliphatic carbocycles. The van der Waals surface area contributed by atoms with E-state index in [-0.39, 0.29) is 5.91 Å². The maximum Gasteiger partial charge on any atom is 0.227 e. The molecule has 2 aromatic heterocycles. The van der Waals surface area contributed by atoms with Crippen LogP contribution in [0.25, 0.3) is 0 Å². The fraction of sp³-hybridized carbons (Fsp3) is 0.346. The molecule has 0 N–H and O–H groups in total. The third-order valence-electron chi connectivity index (χ3n) is 5.90. The lowest BCUT2D eigenvalue weighted by atomic mass is 10.0. The van der Waals surface area contributed by atoms with E-state index in [4.69, 9.17) is 4.74 Å². The normalized spacial score (nSPS) is 13.3. The number of amides is 1. The number of nitrogens with zero attached hydrogens (tertiary/aromatic N) is 4. The highest BCUT2D eigenvalue weighted by Crippen LogP contribution is 2.33. The second kappa shape index (κ2) is 10.9. The molecule has 32 heavy (non-hydrogen) atoms. The maximum atomic E-state index is 12.0. The minimum absolute atomic E-state index is 0.162. The van der Waals surface area contributed by atoms with Gasteiger partial charge >= 0.3 is 0 Å². The topological polar surface area (TPSA) is 58.6 Å². The average molecular weight is 431 g/mol. The van der Waals surface area contributed by atoms with Crippen molar-refractivity contribution in [2.45, 2.75) is 32.2 Å². The number of carbonyl (C=O) groups is 1. The summed E-state index contributed by atoms with van der Waals surface area (Å²) >= 11 is 0. The minimum atomic E-state index is 0.162. The summed E-state index contributed by atoms with van der Waals surface area (Å²) in [5.41, 5.74) is 4.62. The van der Waals surface area contributed by atoms with Crippen molar-refractivity contribution >= 4 is 11.6 Å². The van der Waals surface area contributed by atoms with Gasteiger partial charge in [-0.1, -0.05) is 12.1 Å². The summed E-state index contributed by atoms with van der Waals surface area (Å²) in [6.45, 7) is 3.43. The van der Waals surface area contributed by atoms with Gasteiger partial charge in [0.05, 0.1) is 12.3 Å². The monoisotopic (exact) mass is 430 g/mol. The van der Waals surface area contributed by atoms with Crippen molar-refractivity contribution < 1.29 is 9.53 Å². The first-order valence-corrected chi connectivity index (χ1v) is 11.2. The molecule has 0 spiro atoms. The van der Waals surface area contributed by atoms with Crippen LogP contribution in [0.15, 0.2) is 67.3 Å². The number of hydrogen-bond acceptors (Lipinski definition) is 5. The molecule has 0 unspecified atom stereocenters. The van der Waals surface area contributed by atoms with Crippen LogP contribution in [-0.2, 0) is 24.2 Å². The molecular formula is C26H30N4O2. The summed E-state index contributed by atoms with van der Waals surface area (Å²) in [5.74, 6) is 1.06. The maximum absolute atomic E-state index is 12.0. The van der Waals surface area contributed by atoms with Gasteiger partial charge in [-0.05, 0) is 60.7 Å².